The maximum Gasteiger partial charge on any atom is 0.226 e. The molecular formula is C18H23N3O2S. The van der Waals surface area contributed by atoms with E-state index in [1.165, 1.54) is 0 Å². The van der Waals surface area contributed by atoms with Crippen LogP contribution in [-0.2, 0) is 11.2 Å². The van der Waals surface area contributed by atoms with Gasteiger partial charge in [-0.1, -0.05) is 18.2 Å². The van der Waals surface area contributed by atoms with Crippen molar-refractivity contribution in [3.05, 3.63) is 46.9 Å². The van der Waals surface area contributed by atoms with Crippen molar-refractivity contribution in [2.75, 3.05) is 26.2 Å². The molecule has 2 heterocycles. The van der Waals surface area contributed by atoms with Gasteiger partial charge in [0.15, 0.2) is 0 Å². The monoisotopic (exact) mass is 345 g/mol. The molecule has 5 nitrogen and oxygen atoms in total. The van der Waals surface area contributed by atoms with Crippen LogP contribution < -0.4 is 15.4 Å². The number of carbonyl (C=O) groups excluding carboxylic acids is 1. The highest BCUT2D eigenvalue weighted by molar-refractivity contribution is 7.09. The second kappa shape index (κ2) is 8.26. The van der Waals surface area contributed by atoms with E-state index in [-0.39, 0.29) is 11.3 Å². The summed E-state index contributed by atoms with van der Waals surface area (Å²) >= 11 is 1.62. The van der Waals surface area contributed by atoms with Crippen LogP contribution in [-0.4, -0.2) is 37.1 Å². The van der Waals surface area contributed by atoms with E-state index >= 15 is 0 Å². The Balaban J connectivity index is 1.53. The Morgan fingerprint density at radius 3 is 2.79 bits per heavy atom. The number of para-hydroxylation sites is 1. The van der Waals surface area contributed by atoms with Crippen molar-refractivity contribution in [2.45, 2.75) is 19.3 Å². The summed E-state index contributed by atoms with van der Waals surface area (Å²) in [5, 5.41) is 9.40. The predicted molar refractivity (Wildman–Crippen MR) is 95.3 cm³/mol. The molecule has 0 saturated carbocycles. The Kier molecular flexibility index (Phi) is 5.82. The van der Waals surface area contributed by atoms with Crippen molar-refractivity contribution >= 4 is 17.2 Å². The smallest absolute Gasteiger partial charge is 0.226 e. The van der Waals surface area contributed by atoms with Gasteiger partial charge in [-0.2, -0.15) is 0 Å². The molecule has 1 aromatic carbocycles. The third-order valence-corrected chi connectivity index (χ3v) is 5.19. The zero-order valence-electron chi connectivity index (χ0n) is 13.7. The lowest BCUT2D eigenvalue weighted by Crippen LogP contribution is -2.49. The van der Waals surface area contributed by atoms with E-state index in [0.29, 0.717) is 13.2 Å². The van der Waals surface area contributed by atoms with Crippen LogP contribution in [0.1, 0.15) is 17.8 Å². The van der Waals surface area contributed by atoms with Crippen molar-refractivity contribution in [2.24, 2.45) is 5.41 Å². The summed E-state index contributed by atoms with van der Waals surface area (Å²) in [7, 11) is 0. The molecule has 0 radical (unpaired) electrons. The summed E-state index contributed by atoms with van der Waals surface area (Å²) in [6.45, 7) is 2.74. The zero-order valence-corrected chi connectivity index (χ0v) is 14.5. The van der Waals surface area contributed by atoms with Gasteiger partial charge in [0.2, 0.25) is 5.91 Å². The van der Waals surface area contributed by atoms with Gasteiger partial charge in [0.1, 0.15) is 12.4 Å². The average molecular weight is 345 g/mol. The number of ether oxygens (including phenoxy) is 1. The summed E-state index contributed by atoms with van der Waals surface area (Å²) in [6, 6.07) is 9.66. The molecule has 1 fully saturated rings. The molecule has 1 aromatic heterocycles. The lowest BCUT2D eigenvalue weighted by molar-refractivity contribution is -0.132. The number of benzene rings is 1. The van der Waals surface area contributed by atoms with Gasteiger partial charge in [-0.25, -0.2) is 4.98 Å². The number of rotatable bonds is 7. The first kappa shape index (κ1) is 16.9. The summed E-state index contributed by atoms with van der Waals surface area (Å²) in [5.74, 6) is 0.946. The van der Waals surface area contributed by atoms with E-state index in [4.69, 9.17) is 4.74 Å². The van der Waals surface area contributed by atoms with Crippen LogP contribution in [0, 0.1) is 5.41 Å². The number of nitrogens with zero attached hydrogens (tertiary/aromatic N) is 1. The molecule has 24 heavy (non-hydrogen) atoms. The van der Waals surface area contributed by atoms with Gasteiger partial charge in [-0.3, -0.25) is 4.79 Å². The molecule has 0 unspecified atom stereocenters. The van der Waals surface area contributed by atoms with Crippen LogP contribution in [0.3, 0.4) is 0 Å². The van der Waals surface area contributed by atoms with Gasteiger partial charge >= 0.3 is 0 Å². The molecule has 1 saturated heterocycles. The molecule has 0 atom stereocenters. The second-order valence-electron chi connectivity index (χ2n) is 6.05. The fraction of sp³-hybridized carbons (Fsp3) is 0.444. The van der Waals surface area contributed by atoms with Gasteiger partial charge in [0, 0.05) is 18.0 Å². The molecule has 128 valence electrons. The van der Waals surface area contributed by atoms with Gasteiger partial charge < -0.3 is 15.4 Å². The van der Waals surface area contributed by atoms with E-state index in [1.807, 2.05) is 35.7 Å². The standard InChI is InChI=1S/C18H23N3O2S/c22-17(21-10-12-23-15-4-2-1-3-5-15)18(6-8-19-9-7-18)14-16-20-11-13-24-16/h1-5,11,13,19H,6-10,12,14H2,(H,21,22). The van der Waals surface area contributed by atoms with Crippen LogP contribution in [0.2, 0.25) is 0 Å². The SMILES string of the molecule is O=C(NCCOc1ccccc1)C1(Cc2nccs2)CCNCC1. The Labute approximate surface area is 146 Å². The molecule has 0 aliphatic carbocycles. The first-order valence-electron chi connectivity index (χ1n) is 8.34. The molecule has 0 spiro atoms. The van der Waals surface area contributed by atoms with Gasteiger partial charge in [-0.05, 0) is 38.1 Å². The van der Waals surface area contributed by atoms with Crippen molar-refractivity contribution in [1.29, 1.82) is 0 Å². The number of hydrogen-bond acceptors (Lipinski definition) is 5. The quantitative estimate of drug-likeness (QED) is 0.756. The third kappa shape index (κ3) is 4.33. The lowest BCUT2D eigenvalue weighted by Gasteiger charge is -2.35. The maximum absolute atomic E-state index is 12.8. The average Bonchev–Trinajstić information content (AvgIpc) is 3.13. The minimum absolute atomic E-state index is 0.121. The predicted octanol–water partition coefficient (Wildman–Crippen LogP) is 2.25. The normalized spacial score (nSPS) is 16.5. The highest BCUT2D eigenvalue weighted by Crippen LogP contribution is 2.33. The fourth-order valence-corrected chi connectivity index (χ4v) is 3.82. The summed E-state index contributed by atoms with van der Waals surface area (Å²) in [4.78, 5) is 17.2. The molecule has 6 heteroatoms. The van der Waals surface area contributed by atoms with Gasteiger partial charge in [-0.15, -0.1) is 11.3 Å². The largest absolute Gasteiger partial charge is 0.492 e. The number of carbonyl (C=O) groups is 1. The maximum atomic E-state index is 12.8. The number of nitrogens with one attached hydrogen (secondary N) is 2. The highest BCUT2D eigenvalue weighted by atomic mass is 32.1. The minimum Gasteiger partial charge on any atom is -0.492 e. The third-order valence-electron chi connectivity index (χ3n) is 4.41. The number of piperidine rings is 1. The van der Waals surface area contributed by atoms with E-state index < -0.39 is 0 Å². The Morgan fingerprint density at radius 1 is 1.29 bits per heavy atom. The number of hydrogen-bond donors (Lipinski definition) is 2. The molecule has 1 aliphatic rings. The van der Waals surface area contributed by atoms with Crippen molar-refractivity contribution in [3.8, 4) is 5.75 Å². The van der Waals surface area contributed by atoms with Gasteiger partial charge in [0.05, 0.1) is 17.0 Å². The van der Waals surface area contributed by atoms with E-state index in [0.717, 1.165) is 43.1 Å². The van der Waals surface area contributed by atoms with E-state index in [9.17, 15) is 4.79 Å². The van der Waals surface area contributed by atoms with Crippen LogP contribution in [0.25, 0.3) is 0 Å². The lowest BCUT2D eigenvalue weighted by atomic mass is 9.75. The van der Waals surface area contributed by atoms with Crippen molar-refractivity contribution < 1.29 is 9.53 Å². The summed E-state index contributed by atoms with van der Waals surface area (Å²) < 4.78 is 5.65. The molecule has 2 aromatic rings. The minimum atomic E-state index is -0.351. The zero-order chi connectivity index (χ0) is 16.7. The number of thiazole rings is 1. The van der Waals surface area contributed by atoms with E-state index in [2.05, 4.69) is 15.6 Å². The first-order chi connectivity index (χ1) is 11.8. The molecule has 1 aliphatic heterocycles. The van der Waals surface area contributed by atoms with Crippen LogP contribution in [0.4, 0.5) is 0 Å². The molecular weight excluding hydrogens is 322 g/mol. The van der Waals surface area contributed by atoms with Crippen LogP contribution in [0.15, 0.2) is 41.9 Å². The highest BCUT2D eigenvalue weighted by Gasteiger charge is 2.40. The molecule has 2 N–H and O–H groups in total. The van der Waals surface area contributed by atoms with Crippen molar-refractivity contribution in [1.82, 2.24) is 15.6 Å². The topological polar surface area (TPSA) is 63.2 Å². The summed E-state index contributed by atoms with van der Waals surface area (Å²) in [6.07, 6.45) is 4.22. The number of aromatic nitrogens is 1. The van der Waals surface area contributed by atoms with Crippen molar-refractivity contribution in [3.63, 3.8) is 0 Å². The number of amides is 1. The van der Waals surface area contributed by atoms with E-state index in [1.54, 1.807) is 17.5 Å². The fourth-order valence-electron chi connectivity index (χ4n) is 3.06. The Bertz CT molecular complexity index is 625. The Hall–Kier alpha value is -1.92. The Morgan fingerprint density at radius 2 is 2.08 bits per heavy atom. The second-order valence-corrected chi connectivity index (χ2v) is 7.03. The van der Waals surface area contributed by atoms with Crippen LogP contribution in [0.5, 0.6) is 5.75 Å². The summed E-state index contributed by atoms with van der Waals surface area (Å²) in [5.41, 5.74) is -0.351. The first-order valence-corrected chi connectivity index (χ1v) is 9.22. The van der Waals surface area contributed by atoms with Crippen LogP contribution >= 0.6 is 11.3 Å². The molecule has 1 amide bonds. The van der Waals surface area contributed by atoms with Gasteiger partial charge in [0.25, 0.3) is 0 Å². The molecule has 0 bridgehead atoms. The molecule has 3 rings (SSSR count).